The molecule has 1 aromatic heterocycles. The summed E-state index contributed by atoms with van der Waals surface area (Å²) in [6.07, 6.45) is 5.14. The second kappa shape index (κ2) is 6.62. The van der Waals surface area contributed by atoms with E-state index in [1.165, 1.54) is 31.2 Å². The Kier molecular flexibility index (Phi) is 4.32. The zero-order valence-electron chi connectivity index (χ0n) is 15.0. The number of carbonyl (C=O) groups excluding carboxylic acids is 1. The van der Waals surface area contributed by atoms with Gasteiger partial charge in [0.25, 0.3) is 0 Å². The topological polar surface area (TPSA) is 59.8 Å². The molecule has 0 bridgehead atoms. The van der Waals surface area contributed by atoms with Crippen molar-refractivity contribution in [3.05, 3.63) is 47.5 Å². The lowest BCUT2D eigenvalue weighted by molar-refractivity contribution is -0.125. The molecule has 0 radical (unpaired) electrons. The van der Waals surface area contributed by atoms with Crippen LogP contribution in [0, 0.1) is 25.7 Å². The fraction of sp³-hybridized carbons (Fsp3) is 0.550. The Labute approximate surface area is 148 Å². The molecular formula is C20H26N4O. The summed E-state index contributed by atoms with van der Waals surface area (Å²) < 4.78 is 1.69. The highest BCUT2D eigenvalue weighted by Gasteiger charge is 2.51. The molecule has 0 saturated heterocycles. The number of nitrogens with one attached hydrogen (secondary N) is 1. The Hall–Kier alpha value is -2.17. The third-order valence-corrected chi connectivity index (χ3v) is 5.95. The van der Waals surface area contributed by atoms with Crippen LogP contribution in [0.15, 0.2) is 30.3 Å². The highest BCUT2D eigenvalue weighted by atomic mass is 16.2. The van der Waals surface area contributed by atoms with E-state index in [0.29, 0.717) is 17.7 Å². The summed E-state index contributed by atoms with van der Waals surface area (Å²) in [6, 6.07) is 10.9. The van der Waals surface area contributed by atoms with Gasteiger partial charge in [-0.05, 0) is 44.1 Å². The van der Waals surface area contributed by atoms with E-state index < -0.39 is 0 Å². The molecule has 1 heterocycles. The minimum Gasteiger partial charge on any atom is -0.351 e. The Bertz CT molecular complexity index is 754. The molecule has 0 spiro atoms. The van der Waals surface area contributed by atoms with Crippen LogP contribution < -0.4 is 5.32 Å². The predicted molar refractivity (Wildman–Crippen MR) is 96.1 cm³/mol. The van der Waals surface area contributed by atoms with Gasteiger partial charge in [0.05, 0.1) is 0 Å². The number of aryl methyl sites for hydroxylation is 2. The molecule has 1 aromatic carbocycles. The molecular weight excluding hydrogens is 312 g/mol. The van der Waals surface area contributed by atoms with Crippen molar-refractivity contribution >= 4 is 5.91 Å². The van der Waals surface area contributed by atoms with Crippen LogP contribution in [0.25, 0.3) is 0 Å². The fourth-order valence-corrected chi connectivity index (χ4v) is 4.87. The molecule has 2 aliphatic rings. The molecule has 5 nitrogen and oxygen atoms in total. The molecule has 2 unspecified atom stereocenters. The maximum atomic E-state index is 12.6. The van der Waals surface area contributed by atoms with Crippen molar-refractivity contribution in [3.8, 4) is 0 Å². The minimum absolute atomic E-state index is 0.0444. The smallest absolute Gasteiger partial charge is 0.242 e. The first-order valence-electron chi connectivity index (χ1n) is 9.36. The maximum absolute atomic E-state index is 12.6. The molecule has 1 amide bonds. The number of carbonyl (C=O) groups is 1. The first-order chi connectivity index (χ1) is 12.1. The molecule has 4 rings (SSSR count). The molecule has 132 valence electrons. The Balaban J connectivity index is 1.49. The van der Waals surface area contributed by atoms with Gasteiger partial charge >= 0.3 is 0 Å². The molecule has 2 aromatic rings. The SMILES string of the molecule is Cc1nc(C)n(CC(=O)N[C@H]2C3CCCCC3[C@@H]2c2ccccc2)n1. The van der Waals surface area contributed by atoms with Crippen LogP contribution in [0.3, 0.4) is 0 Å². The summed E-state index contributed by atoms with van der Waals surface area (Å²) in [7, 11) is 0. The number of rotatable bonds is 4. The van der Waals surface area contributed by atoms with Gasteiger partial charge in [-0.1, -0.05) is 43.2 Å². The van der Waals surface area contributed by atoms with Crippen molar-refractivity contribution in [1.82, 2.24) is 20.1 Å². The Morgan fingerprint density at radius 1 is 1.16 bits per heavy atom. The molecule has 1 N–H and O–H groups in total. The second-order valence-corrected chi connectivity index (χ2v) is 7.51. The Morgan fingerprint density at radius 2 is 1.88 bits per heavy atom. The number of aromatic nitrogens is 3. The van der Waals surface area contributed by atoms with E-state index in [4.69, 9.17) is 0 Å². The maximum Gasteiger partial charge on any atom is 0.242 e. The molecule has 2 fully saturated rings. The number of benzene rings is 1. The summed E-state index contributed by atoms with van der Waals surface area (Å²) in [5.41, 5.74) is 1.36. The molecule has 25 heavy (non-hydrogen) atoms. The highest BCUT2D eigenvalue weighted by molar-refractivity contribution is 5.76. The first kappa shape index (κ1) is 16.3. The van der Waals surface area contributed by atoms with Crippen LogP contribution in [-0.4, -0.2) is 26.7 Å². The lowest BCUT2D eigenvalue weighted by Gasteiger charge is -2.55. The minimum atomic E-state index is 0.0444. The van der Waals surface area contributed by atoms with Crippen molar-refractivity contribution in [2.45, 2.75) is 58.0 Å². The molecule has 0 aliphatic heterocycles. The van der Waals surface area contributed by atoms with Crippen LogP contribution in [-0.2, 0) is 11.3 Å². The zero-order chi connectivity index (χ0) is 17.4. The van der Waals surface area contributed by atoms with E-state index >= 15 is 0 Å². The molecule has 2 aliphatic carbocycles. The lowest BCUT2D eigenvalue weighted by atomic mass is 9.53. The summed E-state index contributed by atoms with van der Waals surface area (Å²) >= 11 is 0. The van der Waals surface area contributed by atoms with Crippen molar-refractivity contribution in [2.24, 2.45) is 11.8 Å². The summed E-state index contributed by atoms with van der Waals surface area (Å²) in [6.45, 7) is 3.99. The largest absolute Gasteiger partial charge is 0.351 e. The van der Waals surface area contributed by atoms with Crippen LogP contribution in [0.4, 0.5) is 0 Å². The zero-order valence-corrected chi connectivity index (χ0v) is 15.0. The fourth-order valence-electron chi connectivity index (χ4n) is 4.87. The average molecular weight is 338 g/mol. The summed E-state index contributed by atoms with van der Waals surface area (Å²) in [5, 5.41) is 7.63. The number of nitrogens with zero attached hydrogens (tertiary/aromatic N) is 3. The van der Waals surface area contributed by atoms with Gasteiger partial charge in [0.2, 0.25) is 5.91 Å². The molecule has 4 atom stereocenters. The van der Waals surface area contributed by atoms with Crippen molar-refractivity contribution in [1.29, 1.82) is 0 Å². The monoisotopic (exact) mass is 338 g/mol. The number of hydrogen-bond donors (Lipinski definition) is 1. The summed E-state index contributed by atoms with van der Waals surface area (Å²) in [4.78, 5) is 16.9. The van der Waals surface area contributed by atoms with E-state index in [2.05, 4.69) is 45.7 Å². The van der Waals surface area contributed by atoms with E-state index in [-0.39, 0.29) is 18.5 Å². The van der Waals surface area contributed by atoms with E-state index in [0.717, 1.165) is 11.7 Å². The third-order valence-electron chi connectivity index (χ3n) is 5.95. The normalized spacial score (nSPS) is 28.1. The van der Waals surface area contributed by atoms with Gasteiger partial charge in [-0.15, -0.1) is 0 Å². The molecule has 2 saturated carbocycles. The summed E-state index contributed by atoms with van der Waals surface area (Å²) in [5.74, 6) is 3.34. The van der Waals surface area contributed by atoms with Gasteiger partial charge in [0.1, 0.15) is 18.2 Å². The average Bonchev–Trinajstić information content (AvgIpc) is 2.91. The van der Waals surface area contributed by atoms with E-state index in [9.17, 15) is 4.79 Å². The van der Waals surface area contributed by atoms with Crippen LogP contribution >= 0.6 is 0 Å². The van der Waals surface area contributed by atoms with Crippen molar-refractivity contribution < 1.29 is 4.79 Å². The van der Waals surface area contributed by atoms with Crippen LogP contribution in [0.2, 0.25) is 0 Å². The van der Waals surface area contributed by atoms with Gasteiger partial charge in [0, 0.05) is 12.0 Å². The molecule has 5 heteroatoms. The number of fused-ring (bicyclic) bond motifs is 1. The Morgan fingerprint density at radius 3 is 2.56 bits per heavy atom. The second-order valence-electron chi connectivity index (χ2n) is 7.51. The first-order valence-corrected chi connectivity index (χ1v) is 9.36. The van der Waals surface area contributed by atoms with Crippen LogP contribution in [0.5, 0.6) is 0 Å². The van der Waals surface area contributed by atoms with E-state index in [1.54, 1.807) is 4.68 Å². The van der Waals surface area contributed by atoms with Crippen molar-refractivity contribution in [2.75, 3.05) is 0 Å². The number of hydrogen-bond acceptors (Lipinski definition) is 3. The highest BCUT2D eigenvalue weighted by Crippen LogP contribution is 2.54. The van der Waals surface area contributed by atoms with Gasteiger partial charge in [0.15, 0.2) is 0 Å². The van der Waals surface area contributed by atoms with Crippen LogP contribution in [0.1, 0.15) is 48.8 Å². The van der Waals surface area contributed by atoms with Gasteiger partial charge < -0.3 is 5.32 Å². The third kappa shape index (κ3) is 3.08. The van der Waals surface area contributed by atoms with E-state index in [1.807, 2.05) is 13.8 Å². The van der Waals surface area contributed by atoms with Gasteiger partial charge in [-0.2, -0.15) is 5.10 Å². The van der Waals surface area contributed by atoms with Crippen molar-refractivity contribution in [3.63, 3.8) is 0 Å². The number of amides is 1. The lowest BCUT2D eigenvalue weighted by Crippen LogP contribution is -2.59. The predicted octanol–water partition coefficient (Wildman–Crippen LogP) is 2.98. The standard InChI is InChI=1S/C20H26N4O/c1-13-21-14(2)24(23-13)12-18(25)22-20-17-11-7-6-10-16(17)19(20)15-8-4-3-5-9-15/h3-5,8-9,16-17,19-20H,6-7,10-12H2,1-2H3,(H,22,25)/t16?,17?,19-,20-/m0/s1. The van der Waals surface area contributed by atoms with Gasteiger partial charge in [-0.3, -0.25) is 4.79 Å². The van der Waals surface area contributed by atoms with Gasteiger partial charge in [-0.25, -0.2) is 9.67 Å². The quantitative estimate of drug-likeness (QED) is 0.932.